The second kappa shape index (κ2) is 6.38. The minimum Gasteiger partial charge on any atom is -0.366 e. The summed E-state index contributed by atoms with van der Waals surface area (Å²) in [4.78, 5) is 2.22. The molecule has 1 aliphatic rings. The maximum atomic E-state index is 14.3. The van der Waals surface area contributed by atoms with Crippen LogP contribution >= 0.6 is 0 Å². The number of hydrogen-bond acceptors (Lipinski definition) is 2. The summed E-state index contributed by atoms with van der Waals surface area (Å²) in [6, 6.07) is 5.81. The maximum Gasteiger partial charge on any atom is 0.146 e. The van der Waals surface area contributed by atoms with Crippen molar-refractivity contribution in [1.82, 2.24) is 0 Å². The molecule has 0 unspecified atom stereocenters. The lowest BCUT2D eigenvalue weighted by Crippen LogP contribution is -2.37. The summed E-state index contributed by atoms with van der Waals surface area (Å²) in [6.45, 7) is 4.85. The van der Waals surface area contributed by atoms with Crippen LogP contribution in [-0.2, 0) is 0 Å². The van der Waals surface area contributed by atoms with Gasteiger partial charge in [-0.25, -0.2) is 4.39 Å². The molecule has 1 fully saturated rings. The van der Waals surface area contributed by atoms with Crippen LogP contribution in [0.5, 0.6) is 0 Å². The number of hydrogen-bond donors (Lipinski definition) is 1. The number of nitrogens with zero attached hydrogens (tertiary/aromatic N) is 1. The molecule has 19 heavy (non-hydrogen) atoms. The van der Waals surface area contributed by atoms with E-state index in [2.05, 4.69) is 11.8 Å². The average Bonchev–Trinajstić information content (AvgIpc) is 2.42. The van der Waals surface area contributed by atoms with E-state index in [0.717, 1.165) is 17.8 Å². The third-order valence-corrected chi connectivity index (χ3v) is 4.16. The third kappa shape index (κ3) is 3.27. The van der Waals surface area contributed by atoms with Gasteiger partial charge in [0.15, 0.2) is 0 Å². The van der Waals surface area contributed by atoms with Gasteiger partial charge in [-0.1, -0.05) is 25.3 Å². The number of nitrogens with two attached hydrogens (primary N) is 1. The average molecular weight is 264 g/mol. The zero-order valence-electron chi connectivity index (χ0n) is 12.0. The molecule has 106 valence electrons. The Balaban J connectivity index is 2.22. The van der Waals surface area contributed by atoms with Gasteiger partial charge in [0, 0.05) is 18.6 Å². The van der Waals surface area contributed by atoms with E-state index in [-0.39, 0.29) is 11.9 Å². The van der Waals surface area contributed by atoms with Crippen molar-refractivity contribution in [2.75, 3.05) is 11.4 Å². The Morgan fingerprint density at radius 3 is 2.53 bits per heavy atom. The number of rotatable bonds is 4. The predicted molar refractivity (Wildman–Crippen MR) is 78.9 cm³/mol. The van der Waals surface area contributed by atoms with E-state index in [1.165, 1.54) is 32.1 Å². The van der Waals surface area contributed by atoms with Gasteiger partial charge in [0.1, 0.15) is 5.82 Å². The van der Waals surface area contributed by atoms with Crippen LogP contribution in [-0.4, -0.2) is 12.6 Å². The van der Waals surface area contributed by atoms with E-state index >= 15 is 0 Å². The van der Waals surface area contributed by atoms with Gasteiger partial charge < -0.3 is 10.6 Å². The van der Waals surface area contributed by atoms with E-state index in [0.29, 0.717) is 6.04 Å². The summed E-state index contributed by atoms with van der Waals surface area (Å²) < 4.78 is 14.3. The molecular weight excluding hydrogens is 239 g/mol. The molecule has 0 radical (unpaired) electrons. The Morgan fingerprint density at radius 1 is 1.32 bits per heavy atom. The predicted octanol–water partition coefficient (Wildman–Crippen LogP) is 4.00. The first-order valence-electron chi connectivity index (χ1n) is 7.45. The van der Waals surface area contributed by atoms with Crippen LogP contribution in [0.2, 0.25) is 0 Å². The fourth-order valence-electron chi connectivity index (χ4n) is 3.06. The largest absolute Gasteiger partial charge is 0.366 e. The van der Waals surface area contributed by atoms with Crippen molar-refractivity contribution in [3.63, 3.8) is 0 Å². The number of halogens is 1. The SMILES string of the molecule is CCN(c1ccc([C@H](C)N)cc1F)C1CCCCC1. The molecule has 0 spiro atoms. The lowest BCUT2D eigenvalue weighted by atomic mass is 9.93. The van der Waals surface area contributed by atoms with Crippen LogP contribution < -0.4 is 10.6 Å². The monoisotopic (exact) mass is 264 g/mol. The summed E-state index contributed by atoms with van der Waals surface area (Å²) in [5.41, 5.74) is 7.40. The Hall–Kier alpha value is -1.09. The molecule has 0 aromatic heterocycles. The molecule has 3 heteroatoms. The molecule has 0 bridgehead atoms. The van der Waals surface area contributed by atoms with Gasteiger partial charge in [-0.3, -0.25) is 0 Å². The van der Waals surface area contributed by atoms with Crippen molar-refractivity contribution in [3.05, 3.63) is 29.6 Å². The molecule has 2 rings (SSSR count). The van der Waals surface area contributed by atoms with Crippen molar-refractivity contribution in [2.45, 2.75) is 58.0 Å². The Labute approximate surface area is 115 Å². The maximum absolute atomic E-state index is 14.3. The van der Waals surface area contributed by atoms with E-state index in [4.69, 9.17) is 5.73 Å². The van der Waals surface area contributed by atoms with Crippen LogP contribution in [0.25, 0.3) is 0 Å². The second-order valence-electron chi connectivity index (χ2n) is 5.58. The Kier molecular flexibility index (Phi) is 4.81. The highest BCUT2D eigenvalue weighted by Crippen LogP contribution is 2.30. The first-order valence-corrected chi connectivity index (χ1v) is 7.45. The van der Waals surface area contributed by atoms with Gasteiger partial charge >= 0.3 is 0 Å². The van der Waals surface area contributed by atoms with E-state index in [1.54, 1.807) is 6.07 Å². The topological polar surface area (TPSA) is 29.3 Å². The minimum absolute atomic E-state index is 0.117. The Bertz CT molecular complexity index is 411. The lowest BCUT2D eigenvalue weighted by Gasteiger charge is -2.35. The quantitative estimate of drug-likeness (QED) is 0.890. The van der Waals surface area contributed by atoms with E-state index in [1.807, 2.05) is 19.1 Å². The van der Waals surface area contributed by atoms with Crippen LogP contribution in [0.4, 0.5) is 10.1 Å². The van der Waals surface area contributed by atoms with Crippen LogP contribution in [0, 0.1) is 5.82 Å². The number of anilines is 1. The first kappa shape index (κ1) is 14.3. The summed E-state index contributed by atoms with van der Waals surface area (Å²) in [6.07, 6.45) is 6.21. The first-order chi connectivity index (χ1) is 9.13. The molecule has 0 saturated heterocycles. The molecule has 1 saturated carbocycles. The van der Waals surface area contributed by atoms with Gasteiger partial charge in [-0.2, -0.15) is 0 Å². The molecule has 0 aliphatic heterocycles. The fourth-order valence-corrected chi connectivity index (χ4v) is 3.06. The highest BCUT2D eigenvalue weighted by Gasteiger charge is 2.22. The zero-order chi connectivity index (χ0) is 13.8. The summed E-state index contributed by atoms with van der Waals surface area (Å²) in [7, 11) is 0. The highest BCUT2D eigenvalue weighted by atomic mass is 19.1. The summed E-state index contributed by atoms with van der Waals surface area (Å²) >= 11 is 0. The highest BCUT2D eigenvalue weighted by molar-refractivity contribution is 5.50. The normalized spacial score (nSPS) is 18.3. The van der Waals surface area contributed by atoms with Crippen molar-refractivity contribution in [1.29, 1.82) is 0 Å². The molecule has 1 atom stereocenters. The van der Waals surface area contributed by atoms with Gasteiger partial charge in [-0.05, 0) is 44.4 Å². The molecule has 2 nitrogen and oxygen atoms in total. The smallest absolute Gasteiger partial charge is 0.146 e. The Morgan fingerprint density at radius 2 is 2.00 bits per heavy atom. The molecule has 0 amide bonds. The minimum atomic E-state index is -0.137. The van der Waals surface area contributed by atoms with Crippen molar-refractivity contribution >= 4 is 5.69 Å². The standard InChI is InChI=1S/C16H25FN2/c1-3-19(14-7-5-4-6-8-14)16-10-9-13(12(2)18)11-15(16)17/h9-12,14H,3-8,18H2,1-2H3/t12-/m0/s1. The van der Waals surface area contributed by atoms with Gasteiger partial charge in [0.2, 0.25) is 0 Å². The van der Waals surface area contributed by atoms with Crippen LogP contribution in [0.3, 0.4) is 0 Å². The lowest BCUT2D eigenvalue weighted by molar-refractivity contribution is 0.414. The molecule has 0 heterocycles. The second-order valence-corrected chi connectivity index (χ2v) is 5.58. The van der Waals surface area contributed by atoms with E-state index in [9.17, 15) is 4.39 Å². The zero-order valence-corrected chi connectivity index (χ0v) is 12.0. The third-order valence-electron chi connectivity index (χ3n) is 4.16. The molecule has 1 aliphatic carbocycles. The molecular formula is C16H25FN2. The summed E-state index contributed by atoms with van der Waals surface area (Å²) in [5, 5.41) is 0. The molecule has 1 aromatic carbocycles. The van der Waals surface area contributed by atoms with Gasteiger partial charge in [0.05, 0.1) is 5.69 Å². The van der Waals surface area contributed by atoms with Crippen LogP contribution in [0.1, 0.15) is 57.6 Å². The van der Waals surface area contributed by atoms with Crippen molar-refractivity contribution < 1.29 is 4.39 Å². The van der Waals surface area contributed by atoms with E-state index < -0.39 is 0 Å². The van der Waals surface area contributed by atoms with Crippen molar-refractivity contribution in [3.8, 4) is 0 Å². The van der Waals surface area contributed by atoms with Crippen LogP contribution in [0.15, 0.2) is 18.2 Å². The van der Waals surface area contributed by atoms with Gasteiger partial charge in [-0.15, -0.1) is 0 Å². The van der Waals surface area contributed by atoms with Crippen molar-refractivity contribution in [2.24, 2.45) is 5.73 Å². The fraction of sp³-hybridized carbons (Fsp3) is 0.625. The number of benzene rings is 1. The summed E-state index contributed by atoms with van der Waals surface area (Å²) in [5.74, 6) is -0.137. The molecule has 2 N–H and O–H groups in total. The molecule has 1 aromatic rings. The van der Waals surface area contributed by atoms with Gasteiger partial charge in [0.25, 0.3) is 0 Å².